The molecule has 3 rings (SSSR count). The van der Waals surface area contributed by atoms with E-state index in [4.69, 9.17) is 10.3 Å². The zero-order valence-corrected chi connectivity index (χ0v) is 16.3. The first-order chi connectivity index (χ1) is 14.6. The Bertz CT molecular complexity index is 1070. The molecule has 0 atom stereocenters. The lowest BCUT2D eigenvalue weighted by Crippen LogP contribution is -2.13. The molecule has 152 valence electrons. The molecule has 0 saturated heterocycles. The molecule has 0 aliphatic heterocycles. The van der Waals surface area contributed by atoms with Gasteiger partial charge in [0.1, 0.15) is 11.5 Å². The van der Waals surface area contributed by atoms with Gasteiger partial charge < -0.3 is 10.3 Å². The maximum absolute atomic E-state index is 13.4. The van der Waals surface area contributed by atoms with Gasteiger partial charge in [-0.15, -0.1) is 0 Å². The van der Waals surface area contributed by atoms with Crippen molar-refractivity contribution in [3.63, 3.8) is 0 Å². The first-order valence-electron chi connectivity index (χ1n) is 9.43. The van der Waals surface area contributed by atoms with Crippen molar-refractivity contribution in [1.82, 2.24) is 5.16 Å². The molecular weight excluding hydrogens is 381 g/mol. The number of allylic oxidation sites excluding steroid dienone is 4. The lowest BCUT2D eigenvalue weighted by atomic mass is 10.00. The molecule has 2 aromatic carbocycles. The van der Waals surface area contributed by atoms with E-state index >= 15 is 0 Å². The summed E-state index contributed by atoms with van der Waals surface area (Å²) in [4.78, 5) is 12.5. The predicted molar refractivity (Wildman–Crippen MR) is 117 cm³/mol. The van der Waals surface area contributed by atoms with Crippen LogP contribution in [0, 0.1) is 5.82 Å². The van der Waals surface area contributed by atoms with E-state index in [1.54, 1.807) is 30.4 Å². The molecule has 1 aromatic heterocycles. The SMILES string of the molecule is C=C/C=C(\C=C/N)c1c(-c2ccc(F)cc2)noc1NC(=O)CCc1ccccc1. The molecule has 5 nitrogen and oxygen atoms in total. The first kappa shape index (κ1) is 20.8. The second kappa shape index (κ2) is 10.0. The Hall–Kier alpha value is -3.93. The van der Waals surface area contributed by atoms with Crippen molar-refractivity contribution in [2.45, 2.75) is 12.8 Å². The average molecular weight is 403 g/mol. The standard InChI is InChI=1S/C24H22FN3O2/c1-2-6-18(15-16-26)22-23(19-10-12-20(25)13-11-19)28-30-24(22)27-21(29)14-9-17-7-4-3-5-8-17/h2-8,10-13,15-16H,1,9,14,26H2,(H,27,29)/b16-15-,18-6+. The number of halogens is 1. The van der Waals surface area contributed by atoms with Crippen LogP contribution in [0.2, 0.25) is 0 Å². The Balaban J connectivity index is 1.91. The topological polar surface area (TPSA) is 81.2 Å². The summed E-state index contributed by atoms with van der Waals surface area (Å²) < 4.78 is 18.8. The molecule has 0 bridgehead atoms. The number of hydrogen-bond acceptors (Lipinski definition) is 4. The third-order valence-corrected chi connectivity index (χ3v) is 4.41. The van der Waals surface area contributed by atoms with Gasteiger partial charge in [0.2, 0.25) is 11.8 Å². The Morgan fingerprint density at radius 2 is 1.90 bits per heavy atom. The Labute approximate surface area is 174 Å². The van der Waals surface area contributed by atoms with Gasteiger partial charge in [-0.2, -0.15) is 0 Å². The number of nitrogens with zero attached hydrogens (tertiary/aromatic N) is 1. The van der Waals surface area contributed by atoms with E-state index in [0.717, 1.165) is 5.56 Å². The monoisotopic (exact) mass is 403 g/mol. The van der Waals surface area contributed by atoms with Gasteiger partial charge in [-0.25, -0.2) is 4.39 Å². The lowest BCUT2D eigenvalue weighted by molar-refractivity contribution is -0.116. The van der Waals surface area contributed by atoms with Gasteiger partial charge >= 0.3 is 0 Å². The maximum Gasteiger partial charge on any atom is 0.239 e. The average Bonchev–Trinajstić information content (AvgIpc) is 3.16. The van der Waals surface area contributed by atoms with Gasteiger partial charge in [0, 0.05) is 12.0 Å². The minimum Gasteiger partial charge on any atom is -0.405 e. The molecule has 0 aliphatic rings. The van der Waals surface area contributed by atoms with Crippen molar-refractivity contribution in [3.05, 3.63) is 103 Å². The Morgan fingerprint density at radius 1 is 1.17 bits per heavy atom. The fourth-order valence-electron chi connectivity index (χ4n) is 2.99. The molecule has 0 saturated carbocycles. The number of anilines is 1. The van der Waals surface area contributed by atoms with Crippen molar-refractivity contribution >= 4 is 17.4 Å². The summed E-state index contributed by atoms with van der Waals surface area (Å²) in [5, 5.41) is 6.90. The summed E-state index contributed by atoms with van der Waals surface area (Å²) >= 11 is 0. The number of nitrogens with one attached hydrogen (secondary N) is 1. The second-order valence-electron chi connectivity index (χ2n) is 6.49. The molecule has 30 heavy (non-hydrogen) atoms. The fourth-order valence-corrected chi connectivity index (χ4v) is 2.99. The van der Waals surface area contributed by atoms with Crippen LogP contribution in [-0.2, 0) is 11.2 Å². The van der Waals surface area contributed by atoms with Gasteiger partial charge in [0.05, 0.1) is 5.56 Å². The number of benzene rings is 2. The molecule has 1 amide bonds. The number of amides is 1. The van der Waals surface area contributed by atoms with E-state index in [0.29, 0.717) is 28.8 Å². The van der Waals surface area contributed by atoms with Crippen molar-refractivity contribution in [2.75, 3.05) is 5.32 Å². The van der Waals surface area contributed by atoms with E-state index in [1.165, 1.54) is 18.3 Å². The summed E-state index contributed by atoms with van der Waals surface area (Å²) in [7, 11) is 0. The van der Waals surface area contributed by atoms with Crippen LogP contribution in [0.25, 0.3) is 16.8 Å². The van der Waals surface area contributed by atoms with Crippen LogP contribution in [0.4, 0.5) is 10.3 Å². The van der Waals surface area contributed by atoms with Crippen LogP contribution in [0.3, 0.4) is 0 Å². The number of hydrogen-bond donors (Lipinski definition) is 2. The van der Waals surface area contributed by atoms with E-state index in [-0.39, 0.29) is 24.0 Å². The normalized spacial score (nSPS) is 11.6. The Morgan fingerprint density at radius 3 is 2.57 bits per heavy atom. The number of carbonyl (C=O) groups excluding carboxylic acids is 1. The smallest absolute Gasteiger partial charge is 0.239 e. The summed E-state index contributed by atoms with van der Waals surface area (Å²) in [6.45, 7) is 3.72. The van der Waals surface area contributed by atoms with Gasteiger partial charge in [-0.05, 0) is 54.1 Å². The molecule has 0 fully saturated rings. The number of nitrogens with two attached hydrogens (primary N) is 1. The van der Waals surface area contributed by atoms with Crippen LogP contribution >= 0.6 is 0 Å². The summed E-state index contributed by atoms with van der Waals surface area (Å²) in [6.07, 6.45) is 7.22. The van der Waals surface area contributed by atoms with Crippen molar-refractivity contribution in [1.29, 1.82) is 0 Å². The molecule has 1 heterocycles. The van der Waals surface area contributed by atoms with Gasteiger partial charge in [0.25, 0.3) is 0 Å². The summed E-state index contributed by atoms with van der Waals surface area (Å²) in [6, 6.07) is 15.6. The van der Waals surface area contributed by atoms with Crippen LogP contribution in [-0.4, -0.2) is 11.1 Å². The van der Waals surface area contributed by atoms with E-state index in [1.807, 2.05) is 30.3 Å². The second-order valence-corrected chi connectivity index (χ2v) is 6.49. The Kier molecular flexibility index (Phi) is 6.95. The van der Waals surface area contributed by atoms with E-state index < -0.39 is 0 Å². The highest BCUT2D eigenvalue weighted by Gasteiger charge is 2.21. The van der Waals surface area contributed by atoms with Gasteiger partial charge in [-0.3, -0.25) is 10.1 Å². The number of carbonyl (C=O) groups is 1. The molecule has 0 spiro atoms. The minimum atomic E-state index is -0.359. The van der Waals surface area contributed by atoms with Crippen LogP contribution in [0.15, 0.2) is 90.1 Å². The highest BCUT2D eigenvalue weighted by atomic mass is 19.1. The third-order valence-electron chi connectivity index (χ3n) is 4.41. The molecule has 3 aromatic rings. The molecule has 6 heteroatoms. The third kappa shape index (κ3) is 5.11. The molecule has 3 N–H and O–H groups in total. The molecule has 0 unspecified atom stereocenters. The van der Waals surface area contributed by atoms with Gasteiger partial charge in [-0.1, -0.05) is 54.2 Å². The van der Waals surface area contributed by atoms with Crippen LogP contribution in [0.5, 0.6) is 0 Å². The number of rotatable bonds is 8. The fraction of sp³-hybridized carbons (Fsp3) is 0.0833. The number of aromatic nitrogens is 1. The highest BCUT2D eigenvalue weighted by molar-refractivity contribution is 5.96. The van der Waals surface area contributed by atoms with Crippen molar-refractivity contribution < 1.29 is 13.7 Å². The molecule has 0 aliphatic carbocycles. The first-order valence-corrected chi connectivity index (χ1v) is 9.43. The summed E-state index contributed by atoms with van der Waals surface area (Å²) in [5.41, 5.74) is 8.94. The van der Waals surface area contributed by atoms with Gasteiger partial charge in [0.15, 0.2) is 0 Å². The molecular formula is C24H22FN3O2. The maximum atomic E-state index is 13.4. The summed E-state index contributed by atoms with van der Waals surface area (Å²) in [5.74, 6) is -0.378. The largest absolute Gasteiger partial charge is 0.405 e. The quantitative estimate of drug-likeness (QED) is 0.513. The minimum absolute atomic E-state index is 0.193. The van der Waals surface area contributed by atoms with Crippen molar-refractivity contribution in [2.24, 2.45) is 5.73 Å². The van der Waals surface area contributed by atoms with E-state index in [2.05, 4.69) is 17.1 Å². The van der Waals surface area contributed by atoms with E-state index in [9.17, 15) is 9.18 Å². The van der Waals surface area contributed by atoms with Crippen LogP contribution in [0.1, 0.15) is 17.5 Å². The lowest BCUT2D eigenvalue weighted by Gasteiger charge is -2.07. The zero-order chi connectivity index (χ0) is 21.3. The van der Waals surface area contributed by atoms with Crippen molar-refractivity contribution in [3.8, 4) is 11.3 Å². The number of aryl methyl sites for hydroxylation is 1. The highest BCUT2D eigenvalue weighted by Crippen LogP contribution is 2.35. The predicted octanol–water partition coefficient (Wildman–Crippen LogP) is 5.09. The van der Waals surface area contributed by atoms with Crippen LogP contribution < -0.4 is 11.1 Å². The molecule has 0 radical (unpaired) electrons. The zero-order valence-electron chi connectivity index (χ0n) is 16.3.